The van der Waals surface area contributed by atoms with E-state index in [9.17, 15) is 44.0 Å². The van der Waals surface area contributed by atoms with Gasteiger partial charge in [-0.25, -0.2) is 0 Å². The Morgan fingerprint density at radius 2 is 1.24 bits per heavy atom. The predicted octanol–water partition coefficient (Wildman–Crippen LogP) is 3.18. The first-order valence-electron chi connectivity index (χ1n) is 12.4. The van der Waals surface area contributed by atoms with Crippen LogP contribution in [0.3, 0.4) is 0 Å². The van der Waals surface area contributed by atoms with Gasteiger partial charge in [-0.3, -0.25) is 19.1 Å². The molecule has 0 fully saturated rings. The van der Waals surface area contributed by atoms with E-state index in [0.29, 0.717) is 16.6 Å². The number of hydrogen-bond donors (Lipinski definition) is 9. The van der Waals surface area contributed by atoms with Crippen LogP contribution in [0.25, 0.3) is 21.5 Å². The highest BCUT2D eigenvalue weighted by Crippen LogP contribution is 2.41. The van der Waals surface area contributed by atoms with Crippen LogP contribution < -0.4 is 28.1 Å². The first kappa shape index (κ1) is 33.5. The number of anilines is 5. The van der Waals surface area contributed by atoms with E-state index in [1.54, 1.807) is 24.3 Å². The van der Waals surface area contributed by atoms with Crippen molar-refractivity contribution < 1.29 is 44.0 Å². The number of aromatic hydroxyl groups is 1. The summed E-state index contributed by atoms with van der Waals surface area (Å²) in [4.78, 5) is -2.08. The summed E-state index contributed by atoms with van der Waals surface area (Å²) >= 11 is 0. The molecule has 0 aliphatic heterocycles. The van der Waals surface area contributed by atoms with Gasteiger partial charge in [0, 0.05) is 27.5 Å². The summed E-state index contributed by atoms with van der Waals surface area (Å²) in [6.45, 7) is 0. The molecule has 0 aliphatic rings. The van der Waals surface area contributed by atoms with Crippen LogP contribution in [0.15, 0.2) is 87.5 Å². The Hall–Kier alpha value is -5.36. The zero-order chi connectivity index (χ0) is 34.2. The van der Waals surface area contributed by atoms with Gasteiger partial charge in [0.1, 0.15) is 21.2 Å². The fourth-order valence-corrected chi connectivity index (χ4v) is 6.08. The van der Waals surface area contributed by atoms with Gasteiger partial charge >= 0.3 is 0 Å². The third-order valence-corrected chi connectivity index (χ3v) is 9.08. The third kappa shape index (κ3) is 7.13. The topological polar surface area (TPSA) is 309 Å². The number of nitrogens with two attached hydrogens (primary N) is 3. The van der Waals surface area contributed by atoms with Crippen molar-refractivity contribution in [2.75, 3.05) is 28.1 Å². The quantitative estimate of drug-likeness (QED) is 0.0535. The highest BCUT2D eigenvalue weighted by Gasteiger charge is 2.24. The van der Waals surface area contributed by atoms with E-state index in [1.807, 2.05) is 6.07 Å². The van der Waals surface area contributed by atoms with Crippen molar-refractivity contribution >= 4 is 80.3 Å². The lowest BCUT2D eigenvalue weighted by Gasteiger charge is -2.18. The molecule has 240 valence electrons. The summed E-state index contributed by atoms with van der Waals surface area (Å²) < 4.78 is 99.0. The minimum atomic E-state index is -5.02. The first-order chi connectivity index (χ1) is 21.3. The molecule has 19 heteroatoms. The van der Waals surface area contributed by atoms with Crippen molar-refractivity contribution in [3.05, 3.63) is 78.4 Å². The molecule has 5 aromatic rings. The van der Waals surface area contributed by atoms with Gasteiger partial charge in [-0.2, -0.15) is 30.5 Å². The summed E-state index contributed by atoms with van der Waals surface area (Å²) in [5, 5.41) is 19.4. The Balaban J connectivity index is 0.000000459. The van der Waals surface area contributed by atoms with Crippen LogP contribution in [-0.2, 0) is 30.4 Å². The van der Waals surface area contributed by atoms with Crippen LogP contribution in [0.5, 0.6) is 5.75 Å². The molecule has 12 N–H and O–H groups in total. The van der Waals surface area contributed by atoms with Gasteiger partial charge < -0.3 is 27.7 Å². The SMILES string of the molecule is N#Cc1ccc(N)cc1.Nc1cc2c(O)c(NNc3ccc(N)c4ccc(S(=O)(=O)O)cc34)c(S(=O)(=O)O)cc2cc1S(=O)(=O)O. The number of rotatable bonds is 6. The number of nitrogen functional groups attached to an aromatic ring is 3. The van der Waals surface area contributed by atoms with Crippen LogP contribution in [0.2, 0.25) is 0 Å². The summed E-state index contributed by atoms with van der Waals surface area (Å²) in [6, 6.07) is 17.8. The van der Waals surface area contributed by atoms with Crippen molar-refractivity contribution in [1.82, 2.24) is 0 Å². The first-order valence-corrected chi connectivity index (χ1v) is 16.7. The van der Waals surface area contributed by atoms with Crippen molar-refractivity contribution in [3.63, 3.8) is 0 Å². The summed E-state index contributed by atoms with van der Waals surface area (Å²) in [6.07, 6.45) is 0. The highest BCUT2D eigenvalue weighted by molar-refractivity contribution is 7.86. The van der Waals surface area contributed by atoms with Gasteiger partial charge in [-0.1, -0.05) is 6.07 Å². The van der Waals surface area contributed by atoms with Gasteiger partial charge in [0.15, 0.2) is 0 Å². The van der Waals surface area contributed by atoms with Gasteiger partial charge in [-0.15, -0.1) is 0 Å². The molecule has 0 aliphatic carbocycles. The minimum absolute atomic E-state index is 0.122. The molecule has 46 heavy (non-hydrogen) atoms. The van der Waals surface area contributed by atoms with Crippen LogP contribution in [0.1, 0.15) is 5.56 Å². The number of hydrogen-bond acceptors (Lipinski definition) is 13. The van der Waals surface area contributed by atoms with Gasteiger partial charge in [0.05, 0.1) is 27.9 Å². The molecule has 5 aromatic carbocycles. The van der Waals surface area contributed by atoms with Crippen molar-refractivity contribution in [1.29, 1.82) is 5.26 Å². The normalized spacial score (nSPS) is 11.8. The number of hydrazine groups is 1. The lowest BCUT2D eigenvalue weighted by molar-refractivity contribution is 0.473. The molecule has 16 nitrogen and oxygen atoms in total. The molecule has 0 unspecified atom stereocenters. The molecule has 0 saturated heterocycles. The van der Waals surface area contributed by atoms with E-state index in [-0.39, 0.29) is 27.5 Å². The van der Waals surface area contributed by atoms with Gasteiger partial charge in [0.25, 0.3) is 30.4 Å². The molecule has 0 heterocycles. The Morgan fingerprint density at radius 3 is 1.80 bits per heavy atom. The standard InChI is InChI=1S/C20H18N4O10S3.C7H6N2/c21-14-3-4-16(13-7-10(35(26,27)28)1-2-11(13)14)23-24-19-18(37(32,33)34)6-9-5-17(36(29,30)31)15(22)8-12(9)20(19)25;8-5-6-1-3-7(9)4-2-6/h1-8,23-25H,21-22H2,(H,26,27,28)(H,29,30,31)(H,32,33,34);1-4H,9H2. The van der Waals surface area contributed by atoms with Gasteiger partial charge in [-0.05, 0) is 72.1 Å². The molecule has 0 radical (unpaired) electrons. The third-order valence-electron chi connectivity index (χ3n) is 6.44. The fraction of sp³-hybridized carbons (Fsp3) is 0. The summed E-state index contributed by atoms with van der Waals surface area (Å²) in [7, 11) is -14.4. The largest absolute Gasteiger partial charge is 0.505 e. The number of nitrogens with zero attached hydrogens (tertiary/aromatic N) is 1. The molecular formula is C27H24N6O10S3. The van der Waals surface area contributed by atoms with E-state index in [0.717, 1.165) is 30.3 Å². The Bertz CT molecular complexity index is 2390. The van der Waals surface area contributed by atoms with Crippen molar-refractivity contribution in [2.24, 2.45) is 0 Å². The van der Waals surface area contributed by atoms with E-state index in [2.05, 4.69) is 10.9 Å². The molecule has 0 aromatic heterocycles. The molecule has 0 amide bonds. The summed E-state index contributed by atoms with van der Waals surface area (Å²) in [5.41, 5.74) is 22.7. The molecule has 5 rings (SSSR count). The minimum Gasteiger partial charge on any atom is -0.505 e. The maximum absolute atomic E-state index is 12.1. The maximum Gasteiger partial charge on any atom is 0.296 e. The zero-order valence-corrected chi connectivity index (χ0v) is 25.5. The van der Waals surface area contributed by atoms with E-state index in [1.165, 1.54) is 18.2 Å². The lowest BCUT2D eigenvalue weighted by Crippen LogP contribution is -2.14. The molecule has 0 atom stereocenters. The van der Waals surface area contributed by atoms with E-state index in [4.69, 9.17) is 22.5 Å². The monoisotopic (exact) mass is 688 g/mol. The number of nitriles is 1. The second kappa shape index (κ2) is 12.2. The molecule has 0 spiro atoms. The van der Waals surface area contributed by atoms with Crippen molar-refractivity contribution in [3.8, 4) is 11.8 Å². The molecule has 0 bridgehead atoms. The number of benzene rings is 5. The number of phenols is 1. The van der Waals surface area contributed by atoms with Crippen LogP contribution in [0, 0.1) is 11.3 Å². The van der Waals surface area contributed by atoms with Crippen LogP contribution >= 0.6 is 0 Å². The smallest absolute Gasteiger partial charge is 0.296 e. The van der Waals surface area contributed by atoms with Crippen LogP contribution in [0.4, 0.5) is 28.4 Å². The fourth-order valence-electron chi connectivity index (χ4n) is 4.26. The average Bonchev–Trinajstić information content (AvgIpc) is 2.96. The Kier molecular flexibility index (Phi) is 8.90. The van der Waals surface area contributed by atoms with E-state index >= 15 is 0 Å². The lowest BCUT2D eigenvalue weighted by atomic mass is 10.1. The Morgan fingerprint density at radius 1 is 0.630 bits per heavy atom. The molecule has 0 saturated carbocycles. The predicted molar refractivity (Wildman–Crippen MR) is 171 cm³/mol. The van der Waals surface area contributed by atoms with Crippen molar-refractivity contribution in [2.45, 2.75) is 14.7 Å². The second-order valence-corrected chi connectivity index (χ2v) is 13.7. The number of fused-ring (bicyclic) bond motifs is 2. The van der Waals surface area contributed by atoms with Crippen LogP contribution in [-0.4, -0.2) is 44.0 Å². The Labute approximate surface area is 261 Å². The van der Waals surface area contributed by atoms with E-state index < -0.39 is 62.2 Å². The molecular weight excluding hydrogens is 665 g/mol. The van der Waals surface area contributed by atoms with Gasteiger partial charge in [0.2, 0.25) is 0 Å². The summed E-state index contributed by atoms with van der Waals surface area (Å²) in [5.74, 6) is -0.774. The maximum atomic E-state index is 12.1. The second-order valence-electron chi connectivity index (χ2n) is 9.53. The average molecular weight is 689 g/mol. The highest BCUT2D eigenvalue weighted by atomic mass is 32.2. The number of nitrogens with one attached hydrogen (secondary N) is 2. The zero-order valence-electron chi connectivity index (χ0n) is 23.1. The number of phenolic OH excluding ortho intramolecular Hbond substituents is 1.